The fraction of sp³-hybridized carbons (Fsp3) is 0.500. The highest BCUT2D eigenvalue weighted by atomic mass is 79.9. The Kier molecular flexibility index (Phi) is 4.75. The first-order valence-electron chi connectivity index (χ1n) is 6.29. The number of hydrogen-bond acceptors (Lipinski definition) is 1. The molecule has 1 aliphatic carbocycles. The van der Waals surface area contributed by atoms with Crippen LogP contribution in [-0.2, 0) is 11.2 Å². The minimum Gasteiger partial charge on any atom is -0.353 e. The molecule has 0 aromatic heterocycles. The van der Waals surface area contributed by atoms with Gasteiger partial charge >= 0.3 is 0 Å². The highest BCUT2D eigenvalue weighted by Gasteiger charge is 2.27. The van der Waals surface area contributed by atoms with Crippen molar-refractivity contribution in [3.63, 3.8) is 0 Å². The molecule has 0 heterocycles. The second kappa shape index (κ2) is 6.32. The van der Waals surface area contributed by atoms with Gasteiger partial charge in [0.15, 0.2) is 0 Å². The van der Waals surface area contributed by atoms with Gasteiger partial charge in [0.25, 0.3) is 0 Å². The predicted octanol–water partition coefficient (Wildman–Crippen LogP) is 3.05. The number of carbonyl (C=O) groups is 1. The lowest BCUT2D eigenvalue weighted by Crippen LogP contribution is -2.38. The van der Waals surface area contributed by atoms with Gasteiger partial charge in [-0.15, -0.1) is 0 Å². The molecule has 0 saturated heterocycles. The third-order valence-electron chi connectivity index (χ3n) is 3.51. The van der Waals surface area contributed by atoms with Crippen molar-refractivity contribution in [1.29, 1.82) is 0 Å². The predicted molar refractivity (Wildman–Crippen MR) is 73.2 cm³/mol. The van der Waals surface area contributed by atoms with Crippen molar-refractivity contribution in [2.45, 2.75) is 31.7 Å². The highest BCUT2D eigenvalue weighted by Crippen LogP contribution is 2.27. The molecule has 2 rings (SSSR count). The van der Waals surface area contributed by atoms with Gasteiger partial charge in [0, 0.05) is 11.4 Å². The Morgan fingerprint density at radius 1 is 1.39 bits per heavy atom. The van der Waals surface area contributed by atoms with E-state index in [9.17, 15) is 9.18 Å². The van der Waals surface area contributed by atoms with Crippen molar-refractivity contribution in [1.82, 2.24) is 5.32 Å². The van der Waals surface area contributed by atoms with Crippen LogP contribution in [0.1, 0.15) is 24.8 Å². The SMILES string of the molecule is O=C(Cc1ccccc1F)NC1CCCC1CBr. The van der Waals surface area contributed by atoms with Gasteiger partial charge in [-0.25, -0.2) is 4.39 Å². The van der Waals surface area contributed by atoms with Crippen LogP contribution in [0.3, 0.4) is 0 Å². The van der Waals surface area contributed by atoms with Crippen molar-refractivity contribution in [2.75, 3.05) is 5.33 Å². The number of rotatable bonds is 4. The second-order valence-corrected chi connectivity index (χ2v) is 5.43. The molecule has 1 aliphatic rings. The van der Waals surface area contributed by atoms with Gasteiger partial charge in [0.2, 0.25) is 5.91 Å². The summed E-state index contributed by atoms with van der Waals surface area (Å²) < 4.78 is 13.4. The summed E-state index contributed by atoms with van der Waals surface area (Å²) in [5, 5.41) is 3.93. The molecule has 98 valence electrons. The zero-order valence-electron chi connectivity index (χ0n) is 10.2. The van der Waals surface area contributed by atoms with Crippen LogP contribution in [0.5, 0.6) is 0 Å². The van der Waals surface area contributed by atoms with E-state index in [0.717, 1.165) is 24.6 Å². The number of halogens is 2. The third-order valence-corrected chi connectivity index (χ3v) is 4.34. The molecular weight excluding hydrogens is 297 g/mol. The maximum Gasteiger partial charge on any atom is 0.224 e. The zero-order valence-corrected chi connectivity index (χ0v) is 11.7. The first-order chi connectivity index (χ1) is 8.70. The van der Waals surface area contributed by atoms with Crippen LogP contribution >= 0.6 is 15.9 Å². The van der Waals surface area contributed by atoms with Crippen LogP contribution in [0.15, 0.2) is 24.3 Å². The van der Waals surface area contributed by atoms with Gasteiger partial charge in [-0.05, 0) is 30.4 Å². The monoisotopic (exact) mass is 313 g/mol. The van der Waals surface area contributed by atoms with Crippen molar-refractivity contribution in [3.05, 3.63) is 35.6 Å². The third kappa shape index (κ3) is 3.31. The van der Waals surface area contributed by atoms with E-state index in [1.165, 1.54) is 6.07 Å². The number of hydrogen-bond donors (Lipinski definition) is 1. The summed E-state index contributed by atoms with van der Waals surface area (Å²) in [5.41, 5.74) is 0.461. The summed E-state index contributed by atoms with van der Waals surface area (Å²) in [5.74, 6) is 0.114. The van der Waals surface area contributed by atoms with Crippen LogP contribution in [0.25, 0.3) is 0 Å². The first-order valence-corrected chi connectivity index (χ1v) is 7.41. The summed E-state index contributed by atoms with van der Waals surface area (Å²) in [7, 11) is 0. The zero-order chi connectivity index (χ0) is 13.0. The summed E-state index contributed by atoms with van der Waals surface area (Å²) in [6.45, 7) is 0. The second-order valence-electron chi connectivity index (χ2n) is 4.79. The minimum atomic E-state index is -0.309. The highest BCUT2D eigenvalue weighted by molar-refractivity contribution is 9.09. The quantitative estimate of drug-likeness (QED) is 0.851. The molecule has 1 N–H and O–H groups in total. The summed E-state index contributed by atoms with van der Waals surface area (Å²) >= 11 is 3.47. The maximum absolute atomic E-state index is 13.4. The van der Waals surface area contributed by atoms with E-state index in [1.807, 2.05) is 0 Å². The van der Waals surface area contributed by atoms with Crippen molar-refractivity contribution >= 4 is 21.8 Å². The van der Waals surface area contributed by atoms with E-state index >= 15 is 0 Å². The summed E-state index contributed by atoms with van der Waals surface area (Å²) in [4.78, 5) is 11.9. The molecule has 1 aromatic rings. The molecule has 1 aromatic carbocycles. The number of alkyl halides is 1. The van der Waals surface area contributed by atoms with Gasteiger partial charge in [-0.1, -0.05) is 40.5 Å². The molecule has 0 bridgehead atoms. The number of nitrogens with one attached hydrogen (secondary N) is 1. The lowest BCUT2D eigenvalue weighted by molar-refractivity contribution is -0.121. The van der Waals surface area contributed by atoms with Crippen molar-refractivity contribution in [3.8, 4) is 0 Å². The van der Waals surface area contributed by atoms with Crippen molar-refractivity contribution < 1.29 is 9.18 Å². The molecule has 0 radical (unpaired) electrons. The fourth-order valence-corrected chi connectivity index (χ4v) is 3.26. The normalized spacial score (nSPS) is 23.0. The van der Waals surface area contributed by atoms with Gasteiger partial charge in [0.05, 0.1) is 6.42 Å². The van der Waals surface area contributed by atoms with E-state index in [4.69, 9.17) is 0 Å². The average Bonchev–Trinajstić information content (AvgIpc) is 2.79. The summed E-state index contributed by atoms with van der Waals surface area (Å²) in [6.07, 6.45) is 3.45. The molecule has 0 spiro atoms. The van der Waals surface area contributed by atoms with Crippen molar-refractivity contribution in [2.24, 2.45) is 5.92 Å². The Morgan fingerprint density at radius 2 is 2.17 bits per heavy atom. The average molecular weight is 314 g/mol. The van der Waals surface area contributed by atoms with Gasteiger partial charge in [0.1, 0.15) is 5.82 Å². The molecule has 2 atom stereocenters. The Morgan fingerprint density at radius 3 is 2.89 bits per heavy atom. The lowest BCUT2D eigenvalue weighted by atomic mass is 10.1. The molecule has 1 amide bonds. The van der Waals surface area contributed by atoms with E-state index in [-0.39, 0.29) is 24.2 Å². The number of carbonyl (C=O) groups excluding carboxylic acids is 1. The molecule has 2 unspecified atom stereocenters. The van der Waals surface area contributed by atoms with E-state index in [0.29, 0.717) is 11.5 Å². The standard InChI is InChI=1S/C14H17BrFNO/c15-9-11-5-3-7-13(11)17-14(18)8-10-4-1-2-6-12(10)16/h1-2,4,6,11,13H,3,5,7-9H2,(H,17,18). The van der Waals surface area contributed by atoms with Gasteiger partial charge < -0.3 is 5.32 Å². The largest absolute Gasteiger partial charge is 0.353 e. The Labute approximate surface area is 115 Å². The molecule has 18 heavy (non-hydrogen) atoms. The number of benzene rings is 1. The molecular formula is C14H17BrFNO. The molecule has 0 aliphatic heterocycles. The Balaban J connectivity index is 1.91. The fourth-order valence-electron chi connectivity index (χ4n) is 2.48. The Bertz CT molecular complexity index is 424. The van der Waals surface area contributed by atoms with Crippen LogP contribution in [0.4, 0.5) is 4.39 Å². The van der Waals surface area contributed by atoms with Gasteiger partial charge in [-0.2, -0.15) is 0 Å². The van der Waals surface area contributed by atoms with Gasteiger partial charge in [-0.3, -0.25) is 4.79 Å². The molecule has 2 nitrogen and oxygen atoms in total. The van der Waals surface area contributed by atoms with E-state index < -0.39 is 0 Å². The van der Waals surface area contributed by atoms with E-state index in [1.54, 1.807) is 18.2 Å². The van der Waals surface area contributed by atoms with Crippen LogP contribution in [-0.4, -0.2) is 17.3 Å². The van der Waals surface area contributed by atoms with E-state index in [2.05, 4.69) is 21.2 Å². The lowest BCUT2D eigenvalue weighted by Gasteiger charge is -2.19. The summed E-state index contributed by atoms with van der Waals surface area (Å²) in [6, 6.07) is 6.67. The Hall–Kier alpha value is -0.900. The maximum atomic E-state index is 13.4. The number of amides is 1. The van der Waals surface area contributed by atoms with Crippen LogP contribution < -0.4 is 5.32 Å². The molecule has 4 heteroatoms. The molecule has 1 saturated carbocycles. The first kappa shape index (κ1) is 13.5. The minimum absolute atomic E-state index is 0.0852. The smallest absolute Gasteiger partial charge is 0.224 e. The van der Waals surface area contributed by atoms with Crippen LogP contribution in [0.2, 0.25) is 0 Å². The molecule has 1 fully saturated rings. The van der Waals surface area contributed by atoms with Crippen LogP contribution in [0, 0.1) is 11.7 Å². The topological polar surface area (TPSA) is 29.1 Å².